The molecule has 5 aromatic heterocycles. The molecule has 0 radical (unpaired) electrons. The molecule has 444 valence electrons. The van der Waals surface area contributed by atoms with Crippen LogP contribution in [0.5, 0.6) is 11.8 Å². The number of nitrogens with zero attached hydrogens (tertiary/aromatic N) is 2. The van der Waals surface area contributed by atoms with E-state index in [9.17, 15) is 43.8 Å². The number of aryl methyl sites for hydroxylation is 5. The zero-order valence-electron chi connectivity index (χ0n) is 53.4. The molecule has 0 aromatic carbocycles. The molecule has 80 heavy (non-hydrogen) atoms. The van der Waals surface area contributed by atoms with E-state index >= 15 is 0 Å². The smallest absolute Gasteiger partial charge is 0.325 e. The first kappa shape index (κ1) is 70.7. The molecular formula is C61H96N10O9. The summed E-state index contributed by atoms with van der Waals surface area (Å²) in [6, 6.07) is -0.199. The second-order valence-electron chi connectivity index (χ2n) is 26.6. The summed E-state index contributed by atoms with van der Waals surface area (Å²) in [6.45, 7) is 58.8. The number of H-pyrrole nitrogens is 6. The molecule has 0 saturated heterocycles. The van der Waals surface area contributed by atoms with Crippen LogP contribution in [0.1, 0.15) is 210 Å². The minimum Gasteiger partial charge on any atom is -0.494 e. The minimum atomic E-state index is -0.449. The van der Waals surface area contributed by atoms with Crippen LogP contribution in [0.25, 0.3) is 0 Å². The number of urea groups is 1. The molecule has 2 amide bonds. The molecule has 0 bridgehead atoms. The van der Waals surface area contributed by atoms with E-state index in [0.29, 0.717) is 34.0 Å². The average molecular weight is 1110 g/mol. The monoisotopic (exact) mass is 1110 g/mol. The molecule has 10 N–H and O–H groups in total. The molecule has 0 fully saturated rings. The van der Waals surface area contributed by atoms with Crippen LogP contribution in [0.4, 0.5) is 4.79 Å². The Morgan fingerprint density at radius 1 is 0.362 bits per heavy atom. The summed E-state index contributed by atoms with van der Waals surface area (Å²) in [7, 11) is 0. The number of rotatable bonds is 0. The predicted octanol–water partition coefficient (Wildman–Crippen LogP) is 10.2. The Morgan fingerprint density at radius 3 is 1.20 bits per heavy atom. The molecule has 0 aliphatic carbocycles. The quantitative estimate of drug-likeness (QED) is 0.0695. The standard InChI is InChI=1S/C12H19NO.C11H17NO2.2C10H16N2O.2C9H14N2O2/c1-7-8(2)11(14)13-9(3)10(7)12(4,5)6;1-6-7(2)9(13)12-10(14)8(6)11(3,4)5;1-6-8(10(3,4)5)11-7(2)9(13)12-6;1-6-8(10(3,4)5)7(2)12-9(13)11-6;1-5-7(12)11-8(13)6(10-5)9(2,3)4;1-5-6(9(2,3)4)7(12)11-8(13)10-5/h1-6H3,(H,13,14);1-5H3,(H2,12,13,14);1-5H3,(H,12,13);1H2,2-5H3,(H2,11,12,13);1-4H3,(H2,11,12,13);1-4H3,(H2,10,11,12,13). The first-order valence-corrected chi connectivity index (χ1v) is 26.6. The zero-order chi connectivity index (χ0) is 63.1. The van der Waals surface area contributed by atoms with Gasteiger partial charge in [0.25, 0.3) is 27.8 Å². The zero-order valence-corrected chi connectivity index (χ0v) is 53.4. The number of hydrogen-bond acceptors (Lipinski definition) is 11. The van der Waals surface area contributed by atoms with Gasteiger partial charge < -0.3 is 35.8 Å². The van der Waals surface area contributed by atoms with Crippen LogP contribution in [0.3, 0.4) is 0 Å². The van der Waals surface area contributed by atoms with Gasteiger partial charge in [-0.15, -0.1) is 0 Å². The number of carbonyl (C=O) groups excluding carboxylic acids is 1. The van der Waals surface area contributed by atoms with Gasteiger partial charge in [0, 0.05) is 61.6 Å². The van der Waals surface area contributed by atoms with E-state index in [-0.39, 0.29) is 78.1 Å². The summed E-state index contributed by atoms with van der Waals surface area (Å²) in [6.07, 6.45) is 0. The van der Waals surface area contributed by atoms with Crippen LogP contribution >= 0.6 is 0 Å². The SMILES string of the molecule is C=C1NC(=O)NC(C)=C1C(C)(C)C.Cc1[nH]c(=O)[nH]c(=O)c1C(C)(C)C.Cc1[nH]c(=O)c(C)c(C)c1C(C)(C)C.Cc1[nH]c(=O)c(C)nc1C(C)(C)C.Cc1c(O)[nH]c(=O)c(C(C)(C)C)c1C.Cc1nc(C(C)(C)C)c(=O)[nH]c1O. The highest BCUT2D eigenvalue weighted by atomic mass is 16.3. The molecule has 1 aliphatic heterocycles. The topological polar surface area (TPSA) is 305 Å². The van der Waals surface area contributed by atoms with Crippen molar-refractivity contribution in [2.75, 3.05) is 0 Å². The molecule has 0 spiro atoms. The van der Waals surface area contributed by atoms with Crippen molar-refractivity contribution in [3.8, 4) is 11.8 Å². The van der Waals surface area contributed by atoms with Crippen LogP contribution in [-0.2, 0) is 27.1 Å². The Bertz CT molecular complexity index is 3470. The maximum atomic E-state index is 11.6. The Labute approximate surface area is 472 Å². The van der Waals surface area contributed by atoms with Gasteiger partial charge in [0.05, 0.1) is 11.4 Å². The highest BCUT2D eigenvalue weighted by Gasteiger charge is 2.28. The van der Waals surface area contributed by atoms with Crippen molar-refractivity contribution < 1.29 is 15.0 Å². The van der Waals surface area contributed by atoms with Crippen molar-refractivity contribution in [2.45, 2.75) is 221 Å². The first-order valence-electron chi connectivity index (χ1n) is 26.6. The number of allylic oxidation sites excluding steroid dienone is 2. The lowest BCUT2D eigenvalue weighted by Gasteiger charge is -2.31. The van der Waals surface area contributed by atoms with Crippen molar-refractivity contribution in [3.05, 3.63) is 165 Å². The molecule has 19 nitrogen and oxygen atoms in total. The molecule has 19 heteroatoms. The highest BCUT2D eigenvalue weighted by Crippen LogP contribution is 2.33. The fourth-order valence-corrected chi connectivity index (χ4v) is 9.39. The van der Waals surface area contributed by atoms with Gasteiger partial charge in [0.15, 0.2) is 5.88 Å². The largest absolute Gasteiger partial charge is 0.494 e. The third-order valence-corrected chi connectivity index (χ3v) is 12.8. The number of aromatic amines is 6. The van der Waals surface area contributed by atoms with E-state index in [1.54, 1.807) is 27.7 Å². The van der Waals surface area contributed by atoms with Gasteiger partial charge in [-0.1, -0.05) is 131 Å². The lowest BCUT2D eigenvalue weighted by atomic mass is 9.82. The van der Waals surface area contributed by atoms with Crippen LogP contribution in [0.2, 0.25) is 0 Å². The number of carbonyl (C=O) groups is 1. The van der Waals surface area contributed by atoms with Crippen molar-refractivity contribution in [1.82, 2.24) is 50.5 Å². The molecule has 0 saturated carbocycles. The molecule has 0 unspecified atom stereocenters. The Hall–Kier alpha value is -7.31. The Balaban J connectivity index is 0.000000480. The summed E-state index contributed by atoms with van der Waals surface area (Å²) < 4.78 is 0. The average Bonchev–Trinajstić information content (AvgIpc) is 3.22. The van der Waals surface area contributed by atoms with Crippen LogP contribution in [0.15, 0.2) is 52.3 Å². The van der Waals surface area contributed by atoms with Crippen molar-refractivity contribution in [2.24, 2.45) is 5.41 Å². The lowest BCUT2D eigenvalue weighted by molar-refractivity contribution is 0.243. The van der Waals surface area contributed by atoms with Gasteiger partial charge in [-0.25, -0.2) is 14.6 Å². The molecule has 1 aliphatic rings. The van der Waals surface area contributed by atoms with E-state index in [4.69, 9.17) is 0 Å². The van der Waals surface area contributed by atoms with Gasteiger partial charge in [-0.2, -0.15) is 0 Å². The fraction of sp³-hybridized carbons (Fsp3) is 0.557. The van der Waals surface area contributed by atoms with E-state index in [0.717, 1.165) is 56.2 Å². The van der Waals surface area contributed by atoms with E-state index in [1.165, 1.54) is 5.56 Å². The number of aromatic nitrogens is 8. The van der Waals surface area contributed by atoms with Crippen LogP contribution in [0, 0.1) is 67.7 Å². The number of pyridine rings is 2. The summed E-state index contributed by atoms with van der Waals surface area (Å²) in [4.78, 5) is 103. The highest BCUT2D eigenvalue weighted by molar-refractivity contribution is 5.81. The maximum Gasteiger partial charge on any atom is 0.325 e. The van der Waals surface area contributed by atoms with Crippen LogP contribution in [-0.4, -0.2) is 56.1 Å². The lowest BCUT2D eigenvalue weighted by Crippen LogP contribution is -2.41. The molecule has 0 atom stereocenters. The molecule has 6 heterocycles. The fourth-order valence-electron chi connectivity index (χ4n) is 9.39. The third kappa shape index (κ3) is 19.5. The number of aromatic hydroxyl groups is 2. The van der Waals surface area contributed by atoms with Crippen molar-refractivity contribution in [1.29, 1.82) is 0 Å². The molecular weight excluding hydrogens is 1020 g/mol. The van der Waals surface area contributed by atoms with Crippen molar-refractivity contribution >= 4 is 6.03 Å². The Morgan fingerprint density at radius 2 is 0.775 bits per heavy atom. The van der Waals surface area contributed by atoms with E-state index in [1.807, 2.05) is 104 Å². The van der Waals surface area contributed by atoms with E-state index < -0.39 is 5.69 Å². The summed E-state index contributed by atoms with van der Waals surface area (Å²) in [5, 5.41) is 24.0. The normalized spacial score (nSPS) is 12.8. The van der Waals surface area contributed by atoms with Gasteiger partial charge in [-0.3, -0.25) is 43.9 Å². The summed E-state index contributed by atoms with van der Waals surface area (Å²) >= 11 is 0. The van der Waals surface area contributed by atoms with Crippen LogP contribution < -0.4 is 44.1 Å². The second kappa shape index (κ2) is 26.3. The first-order chi connectivity index (χ1) is 35.8. The number of amides is 2. The summed E-state index contributed by atoms with van der Waals surface area (Å²) in [5.74, 6) is -0.182. The maximum absolute atomic E-state index is 11.6. The van der Waals surface area contributed by atoms with Gasteiger partial charge in [0.1, 0.15) is 11.4 Å². The number of nitrogens with one attached hydrogen (secondary N) is 8. The van der Waals surface area contributed by atoms with Gasteiger partial charge >= 0.3 is 11.7 Å². The predicted molar refractivity (Wildman–Crippen MR) is 324 cm³/mol. The van der Waals surface area contributed by atoms with E-state index in [2.05, 4.69) is 119 Å². The van der Waals surface area contributed by atoms with Gasteiger partial charge in [-0.05, 0) is 113 Å². The number of hydrogen-bond donors (Lipinski definition) is 10. The molecule has 5 aromatic rings. The minimum absolute atomic E-state index is 0.00185. The third-order valence-electron chi connectivity index (χ3n) is 12.8. The van der Waals surface area contributed by atoms with Gasteiger partial charge in [0.2, 0.25) is 5.88 Å². The summed E-state index contributed by atoms with van der Waals surface area (Å²) in [5.41, 5.74) is 11.8. The second-order valence-corrected chi connectivity index (χ2v) is 26.6. The Kier molecular flexibility index (Phi) is 23.3. The molecule has 6 rings (SSSR count). The van der Waals surface area contributed by atoms with Crippen molar-refractivity contribution in [3.63, 3.8) is 0 Å².